The number of aromatic nitrogens is 1. The average Bonchev–Trinajstić information content (AvgIpc) is 2.64. The number of nitrogen functional groups attached to an aromatic ring is 1. The second-order valence-electron chi connectivity index (χ2n) is 5.44. The van der Waals surface area contributed by atoms with Crippen molar-refractivity contribution in [2.24, 2.45) is 5.92 Å². The lowest BCUT2D eigenvalue weighted by Crippen LogP contribution is -2.26. The maximum atomic E-state index is 12.0. The predicted molar refractivity (Wildman–Crippen MR) is 79.6 cm³/mol. The number of carbonyl (C=O) groups excluding carboxylic acids is 1. The fraction of sp³-hybridized carbons (Fsp3) is 0.692. The largest absolute Gasteiger partial charge is 0.382 e. The molecule has 0 unspecified atom stereocenters. The Bertz CT molecular complexity index is 440. The molecule has 0 aliphatic heterocycles. The molecule has 0 atom stereocenters. The van der Waals surface area contributed by atoms with E-state index in [0.717, 1.165) is 11.6 Å². The third kappa shape index (κ3) is 3.83. The first-order chi connectivity index (χ1) is 9.06. The Morgan fingerprint density at radius 3 is 2.84 bits per heavy atom. The summed E-state index contributed by atoms with van der Waals surface area (Å²) < 4.78 is 0. The highest BCUT2D eigenvalue weighted by molar-refractivity contribution is 7.18. The Labute approximate surface area is 118 Å². The van der Waals surface area contributed by atoms with Gasteiger partial charge in [-0.25, -0.2) is 4.98 Å². The highest BCUT2D eigenvalue weighted by Crippen LogP contribution is 2.29. The van der Waals surface area contributed by atoms with Crippen LogP contribution in [0.4, 0.5) is 10.9 Å². The van der Waals surface area contributed by atoms with E-state index in [1.165, 1.54) is 30.6 Å². The number of nitrogens with two attached hydrogens (primary N) is 1. The molecule has 1 fully saturated rings. The van der Waals surface area contributed by atoms with E-state index in [-0.39, 0.29) is 5.91 Å². The molecule has 0 bridgehead atoms. The van der Waals surface area contributed by atoms with E-state index in [0.29, 0.717) is 29.2 Å². The molecule has 0 spiro atoms. The Kier molecular flexibility index (Phi) is 4.63. The van der Waals surface area contributed by atoms with Crippen LogP contribution in [0, 0.1) is 5.92 Å². The summed E-state index contributed by atoms with van der Waals surface area (Å²) in [6, 6.07) is 0.502. The van der Waals surface area contributed by atoms with Gasteiger partial charge in [0.1, 0.15) is 10.7 Å². The number of nitrogens with zero attached hydrogens (tertiary/aromatic N) is 1. The minimum absolute atomic E-state index is 0.114. The van der Waals surface area contributed by atoms with Gasteiger partial charge in [0.25, 0.3) is 5.91 Å². The molecule has 19 heavy (non-hydrogen) atoms. The molecule has 1 saturated carbocycles. The average molecular weight is 282 g/mol. The lowest BCUT2D eigenvalue weighted by Gasteiger charge is -2.25. The maximum Gasteiger partial charge on any atom is 0.265 e. The smallest absolute Gasteiger partial charge is 0.265 e. The van der Waals surface area contributed by atoms with Crippen LogP contribution in [-0.4, -0.2) is 23.5 Å². The summed E-state index contributed by atoms with van der Waals surface area (Å²) in [5.41, 5.74) is 5.81. The number of anilines is 2. The van der Waals surface area contributed by atoms with Crippen LogP contribution in [0.1, 0.15) is 49.2 Å². The number of thiazole rings is 1. The lowest BCUT2D eigenvalue weighted by molar-refractivity contribution is 0.0956. The molecule has 106 valence electrons. The topological polar surface area (TPSA) is 80.0 Å². The van der Waals surface area contributed by atoms with Gasteiger partial charge in [-0.15, -0.1) is 0 Å². The van der Waals surface area contributed by atoms with Crippen molar-refractivity contribution in [2.45, 2.75) is 45.6 Å². The first-order valence-electron chi connectivity index (χ1n) is 6.87. The van der Waals surface area contributed by atoms with Crippen molar-refractivity contribution in [3.63, 3.8) is 0 Å². The molecule has 4 N–H and O–H groups in total. The van der Waals surface area contributed by atoms with Crippen LogP contribution in [0.15, 0.2) is 0 Å². The Morgan fingerprint density at radius 1 is 1.53 bits per heavy atom. The zero-order valence-electron chi connectivity index (χ0n) is 11.5. The summed E-state index contributed by atoms with van der Waals surface area (Å²) in [7, 11) is 0. The molecule has 1 aliphatic carbocycles. The SMILES string of the molecule is CC(C)CCNC(=O)c1sc(NC2CCC2)nc1N. The molecule has 2 rings (SSSR count). The van der Waals surface area contributed by atoms with Gasteiger partial charge < -0.3 is 16.4 Å². The Hall–Kier alpha value is -1.30. The maximum absolute atomic E-state index is 12.0. The van der Waals surface area contributed by atoms with Crippen LogP contribution >= 0.6 is 11.3 Å². The number of amides is 1. The Morgan fingerprint density at radius 2 is 2.26 bits per heavy atom. The normalized spacial score (nSPS) is 15.3. The number of carbonyl (C=O) groups is 1. The van der Waals surface area contributed by atoms with E-state index in [1.807, 2.05) is 0 Å². The van der Waals surface area contributed by atoms with Crippen LogP contribution in [0.5, 0.6) is 0 Å². The molecule has 1 aromatic heterocycles. The van der Waals surface area contributed by atoms with Crippen molar-refractivity contribution in [2.75, 3.05) is 17.6 Å². The number of nitrogens with one attached hydrogen (secondary N) is 2. The first kappa shape index (κ1) is 14.1. The summed E-state index contributed by atoms with van der Waals surface area (Å²) in [5.74, 6) is 0.793. The van der Waals surface area contributed by atoms with Gasteiger partial charge in [0, 0.05) is 12.6 Å². The number of hydrogen-bond donors (Lipinski definition) is 3. The van der Waals surface area contributed by atoms with E-state index < -0.39 is 0 Å². The van der Waals surface area contributed by atoms with Crippen molar-refractivity contribution < 1.29 is 4.79 Å². The molecular formula is C13H22N4OS. The molecule has 0 radical (unpaired) electrons. The highest BCUT2D eigenvalue weighted by Gasteiger charge is 2.21. The standard InChI is InChI=1S/C13H22N4OS/c1-8(2)6-7-15-12(18)10-11(14)17-13(19-10)16-9-4-3-5-9/h8-9H,3-7,14H2,1-2H3,(H,15,18)(H,16,17). The van der Waals surface area contributed by atoms with E-state index in [4.69, 9.17) is 5.73 Å². The molecule has 1 heterocycles. The molecule has 1 aromatic rings. The van der Waals surface area contributed by atoms with Crippen LogP contribution in [0.3, 0.4) is 0 Å². The van der Waals surface area contributed by atoms with E-state index in [1.54, 1.807) is 0 Å². The van der Waals surface area contributed by atoms with Crippen LogP contribution < -0.4 is 16.4 Å². The fourth-order valence-corrected chi connectivity index (χ4v) is 2.72. The van der Waals surface area contributed by atoms with Gasteiger partial charge in [-0.2, -0.15) is 0 Å². The molecule has 1 aliphatic rings. The molecule has 0 aromatic carbocycles. The van der Waals surface area contributed by atoms with Gasteiger partial charge in [-0.1, -0.05) is 25.2 Å². The van der Waals surface area contributed by atoms with Crippen molar-refractivity contribution in [3.05, 3.63) is 4.88 Å². The predicted octanol–water partition coefficient (Wildman–Crippen LogP) is 2.47. The van der Waals surface area contributed by atoms with Gasteiger partial charge in [-0.05, 0) is 31.6 Å². The van der Waals surface area contributed by atoms with Crippen LogP contribution in [0.2, 0.25) is 0 Å². The van der Waals surface area contributed by atoms with Gasteiger partial charge >= 0.3 is 0 Å². The van der Waals surface area contributed by atoms with Crippen molar-refractivity contribution in [1.29, 1.82) is 0 Å². The van der Waals surface area contributed by atoms with Crippen molar-refractivity contribution in [1.82, 2.24) is 10.3 Å². The Balaban J connectivity index is 1.89. The summed E-state index contributed by atoms with van der Waals surface area (Å²) in [4.78, 5) is 16.7. The second kappa shape index (κ2) is 6.23. The van der Waals surface area contributed by atoms with Crippen LogP contribution in [0.25, 0.3) is 0 Å². The van der Waals surface area contributed by atoms with E-state index in [9.17, 15) is 4.79 Å². The molecule has 6 heteroatoms. The molecule has 0 saturated heterocycles. The van der Waals surface area contributed by atoms with E-state index >= 15 is 0 Å². The second-order valence-corrected chi connectivity index (χ2v) is 6.44. The van der Waals surface area contributed by atoms with Gasteiger partial charge in [0.05, 0.1) is 0 Å². The fourth-order valence-electron chi connectivity index (χ4n) is 1.84. The van der Waals surface area contributed by atoms with Crippen LogP contribution in [-0.2, 0) is 0 Å². The third-order valence-corrected chi connectivity index (χ3v) is 4.30. The summed E-state index contributed by atoms with van der Waals surface area (Å²) in [6.07, 6.45) is 4.59. The number of rotatable bonds is 6. The van der Waals surface area contributed by atoms with Gasteiger partial charge in [0.2, 0.25) is 0 Å². The lowest BCUT2D eigenvalue weighted by atomic mass is 9.93. The van der Waals surface area contributed by atoms with Gasteiger partial charge in [-0.3, -0.25) is 4.79 Å². The summed E-state index contributed by atoms with van der Waals surface area (Å²) >= 11 is 1.34. The number of hydrogen-bond acceptors (Lipinski definition) is 5. The third-order valence-electron chi connectivity index (χ3n) is 3.30. The highest BCUT2D eigenvalue weighted by atomic mass is 32.1. The monoisotopic (exact) mass is 282 g/mol. The molecule has 1 amide bonds. The first-order valence-corrected chi connectivity index (χ1v) is 7.69. The quantitative estimate of drug-likeness (QED) is 0.749. The molecule has 5 nitrogen and oxygen atoms in total. The van der Waals surface area contributed by atoms with Gasteiger partial charge in [0.15, 0.2) is 5.13 Å². The summed E-state index contributed by atoms with van der Waals surface area (Å²) in [6.45, 7) is 4.95. The minimum Gasteiger partial charge on any atom is -0.382 e. The zero-order chi connectivity index (χ0) is 13.8. The zero-order valence-corrected chi connectivity index (χ0v) is 12.3. The molecular weight excluding hydrogens is 260 g/mol. The van der Waals surface area contributed by atoms with E-state index in [2.05, 4.69) is 29.5 Å². The van der Waals surface area contributed by atoms with Crippen molar-refractivity contribution in [3.8, 4) is 0 Å². The van der Waals surface area contributed by atoms with Crippen molar-refractivity contribution >= 4 is 28.2 Å². The minimum atomic E-state index is -0.114. The summed E-state index contributed by atoms with van der Waals surface area (Å²) in [5, 5.41) is 6.97.